The topological polar surface area (TPSA) is 97.8 Å². The first-order chi connectivity index (χ1) is 9.13. The summed E-state index contributed by atoms with van der Waals surface area (Å²) in [5.41, 5.74) is 8.73. The molecule has 6 heteroatoms. The van der Waals surface area contributed by atoms with E-state index >= 15 is 0 Å². The van der Waals surface area contributed by atoms with Crippen LogP contribution < -0.4 is 5.73 Å². The van der Waals surface area contributed by atoms with Gasteiger partial charge in [0.25, 0.3) is 5.69 Å². The molecule has 0 unspecified atom stereocenters. The monoisotopic (exact) mass is 254 g/mol. The quantitative estimate of drug-likeness (QED) is 0.417. The predicted molar refractivity (Wildman–Crippen MR) is 72.6 cm³/mol. The summed E-state index contributed by atoms with van der Waals surface area (Å²) in [6.07, 6.45) is 1.24. The van der Waals surface area contributed by atoms with E-state index in [1.54, 1.807) is 12.1 Å². The van der Waals surface area contributed by atoms with Gasteiger partial charge in [0.15, 0.2) is 0 Å². The maximum absolute atomic E-state index is 10.7. The van der Waals surface area contributed by atoms with Crippen LogP contribution in [0.25, 0.3) is 22.3 Å². The summed E-state index contributed by atoms with van der Waals surface area (Å²) in [6, 6.07) is 10.7. The molecule has 2 aromatic heterocycles. The normalized spacial score (nSPS) is 10.7. The zero-order chi connectivity index (χ0) is 13.4. The van der Waals surface area contributed by atoms with E-state index in [9.17, 15) is 10.1 Å². The number of nitrogen functional groups attached to an aromatic ring is 1. The molecule has 0 spiro atoms. The molecule has 6 nitrogen and oxygen atoms in total. The van der Waals surface area contributed by atoms with E-state index < -0.39 is 4.92 Å². The fourth-order valence-corrected chi connectivity index (χ4v) is 1.92. The van der Waals surface area contributed by atoms with E-state index in [1.165, 1.54) is 12.3 Å². The van der Waals surface area contributed by atoms with E-state index in [2.05, 4.69) is 9.97 Å². The number of nitrogens with zero attached hydrogens (tertiary/aromatic N) is 2. The molecule has 0 saturated carbocycles. The molecule has 0 aliphatic heterocycles. The highest BCUT2D eigenvalue weighted by molar-refractivity contribution is 5.84. The number of nitrogens with two attached hydrogens (primary N) is 1. The van der Waals surface area contributed by atoms with Crippen molar-refractivity contribution in [2.75, 3.05) is 5.73 Å². The molecule has 2 heterocycles. The minimum absolute atomic E-state index is 0.0182. The maximum Gasteiger partial charge on any atom is 0.288 e. The van der Waals surface area contributed by atoms with Crippen molar-refractivity contribution in [1.82, 2.24) is 9.97 Å². The zero-order valence-electron chi connectivity index (χ0n) is 9.83. The van der Waals surface area contributed by atoms with Gasteiger partial charge in [-0.15, -0.1) is 0 Å². The lowest BCUT2D eigenvalue weighted by atomic mass is 10.1. The minimum Gasteiger partial charge on any atom is -0.399 e. The summed E-state index contributed by atoms with van der Waals surface area (Å²) in [6.45, 7) is 0. The molecule has 19 heavy (non-hydrogen) atoms. The van der Waals surface area contributed by atoms with Crippen LogP contribution in [-0.2, 0) is 0 Å². The number of hydrogen-bond acceptors (Lipinski definition) is 4. The van der Waals surface area contributed by atoms with Gasteiger partial charge in [0.2, 0.25) is 0 Å². The van der Waals surface area contributed by atoms with Gasteiger partial charge in [-0.1, -0.05) is 12.1 Å². The number of pyridine rings is 1. The summed E-state index contributed by atoms with van der Waals surface area (Å²) in [5.74, 6) is 0. The molecule has 3 aromatic rings. The Morgan fingerprint density at radius 1 is 1.21 bits per heavy atom. The third-order valence-electron chi connectivity index (χ3n) is 2.89. The number of nitrogens with one attached hydrogen (secondary N) is 1. The lowest BCUT2D eigenvalue weighted by Gasteiger charge is -1.97. The molecular formula is C13H10N4O2. The van der Waals surface area contributed by atoms with Gasteiger partial charge in [-0.3, -0.25) is 10.1 Å². The van der Waals surface area contributed by atoms with Gasteiger partial charge in [-0.2, -0.15) is 0 Å². The molecule has 0 aliphatic carbocycles. The number of fused-ring (bicyclic) bond motifs is 1. The Morgan fingerprint density at radius 3 is 2.63 bits per heavy atom. The van der Waals surface area contributed by atoms with Crippen molar-refractivity contribution in [1.29, 1.82) is 0 Å². The van der Waals surface area contributed by atoms with Crippen molar-refractivity contribution in [2.24, 2.45) is 0 Å². The average molecular weight is 254 g/mol. The van der Waals surface area contributed by atoms with Gasteiger partial charge < -0.3 is 10.7 Å². The summed E-state index contributed by atoms with van der Waals surface area (Å²) >= 11 is 0. The van der Waals surface area contributed by atoms with E-state index in [1.807, 2.05) is 18.2 Å². The largest absolute Gasteiger partial charge is 0.399 e. The van der Waals surface area contributed by atoms with Crippen molar-refractivity contribution < 1.29 is 4.92 Å². The Morgan fingerprint density at radius 2 is 1.95 bits per heavy atom. The minimum atomic E-state index is -0.456. The molecule has 0 saturated heterocycles. The number of rotatable bonds is 2. The lowest BCUT2D eigenvalue weighted by molar-refractivity contribution is -0.385. The summed E-state index contributed by atoms with van der Waals surface area (Å²) < 4.78 is 0. The van der Waals surface area contributed by atoms with Gasteiger partial charge in [0.1, 0.15) is 11.8 Å². The van der Waals surface area contributed by atoms with Gasteiger partial charge in [-0.25, -0.2) is 4.98 Å². The van der Waals surface area contributed by atoms with E-state index in [0.29, 0.717) is 16.7 Å². The number of hydrogen-bond donors (Lipinski definition) is 2. The van der Waals surface area contributed by atoms with Crippen LogP contribution in [0.5, 0.6) is 0 Å². The Kier molecular flexibility index (Phi) is 2.42. The molecule has 1 aromatic carbocycles. The number of aromatic nitrogens is 2. The van der Waals surface area contributed by atoms with Gasteiger partial charge in [-0.05, 0) is 23.8 Å². The molecule has 0 bridgehead atoms. The van der Waals surface area contributed by atoms with E-state index in [-0.39, 0.29) is 5.69 Å². The third-order valence-corrected chi connectivity index (χ3v) is 2.89. The van der Waals surface area contributed by atoms with Crippen molar-refractivity contribution in [3.8, 4) is 11.3 Å². The maximum atomic E-state index is 10.7. The zero-order valence-corrected chi connectivity index (χ0v) is 9.83. The summed E-state index contributed by atoms with van der Waals surface area (Å²) in [5, 5.41) is 11.4. The first kappa shape index (κ1) is 11.2. The van der Waals surface area contributed by atoms with Crippen LogP contribution >= 0.6 is 0 Å². The van der Waals surface area contributed by atoms with Crippen LogP contribution in [0.15, 0.2) is 42.6 Å². The smallest absolute Gasteiger partial charge is 0.288 e. The number of benzene rings is 1. The highest BCUT2D eigenvalue weighted by Gasteiger charge is 2.10. The highest BCUT2D eigenvalue weighted by atomic mass is 16.6. The molecule has 3 N–H and O–H groups in total. The molecule has 3 rings (SSSR count). The van der Waals surface area contributed by atoms with Gasteiger partial charge >= 0.3 is 0 Å². The second kappa shape index (κ2) is 4.09. The molecular weight excluding hydrogens is 244 g/mol. The second-order valence-electron chi connectivity index (χ2n) is 4.19. The highest BCUT2D eigenvalue weighted by Crippen LogP contribution is 2.25. The van der Waals surface area contributed by atoms with E-state index in [0.717, 1.165) is 11.3 Å². The van der Waals surface area contributed by atoms with Crippen LogP contribution in [0.2, 0.25) is 0 Å². The van der Waals surface area contributed by atoms with Crippen LogP contribution in [0.3, 0.4) is 0 Å². The predicted octanol–water partition coefficient (Wildman–Crippen LogP) is 2.72. The van der Waals surface area contributed by atoms with Crippen molar-refractivity contribution in [3.63, 3.8) is 0 Å². The standard InChI is InChI=1S/C13H10N4O2/c14-10-3-1-8(2-4-10)12-6-9-5-11(17(18)19)7-15-13(9)16-12/h1-7H,14H2,(H,15,16). The van der Waals surface area contributed by atoms with Crippen LogP contribution in [0.4, 0.5) is 11.4 Å². The summed E-state index contributed by atoms with van der Waals surface area (Å²) in [7, 11) is 0. The molecule has 0 aliphatic rings. The lowest BCUT2D eigenvalue weighted by Crippen LogP contribution is -1.88. The van der Waals surface area contributed by atoms with Crippen molar-refractivity contribution in [2.45, 2.75) is 0 Å². The van der Waals surface area contributed by atoms with Crippen molar-refractivity contribution >= 4 is 22.4 Å². The molecule has 0 fully saturated rings. The van der Waals surface area contributed by atoms with Crippen molar-refractivity contribution in [3.05, 3.63) is 52.7 Å². The third kappa shape index (κ3) is 1.99. The molecule has 0 radical (unpaired) electrons. The van der Waals surface area contributed by atoms with Gasteiger partial charge in [0.05, 0.1) is 4.92 Å². The van der Waals surface area contributed by atoms with Crippen LogP contribution in [0.1, 0.15) is 0 Å². The molecule has 94 valence electrons. The Bertz CT molecular complexity index is 762. The molecule has 0 atom stereocenters. The second-order valence-corrected chi connectivity index (χ2v) is 4.19. The SMILES string of the molecule is Nc1ccc(-c2cc3cc([N+](=O)[O-])cnc3[nH]2)cc1. The average Bonchev–Trinajstić information content (AvgIpc) is 2.82. The first-order valence-electron chi connectivity index (χ1n) is 5.62. The van der Waals surface area contributed by atoms with E-state index in [4.69, 9.17) is 5.73 Å². The summed E-state index contributed by atoms with van der Waals surface area (Å²) in [4.78, 5) is 17.4. The number of nitro groups is 1. The fourth-order valence-electron chi connectivity index (χ4n) is 1.92. The first-order valence-corrected chi connectivity index (χ1v) is 5.62. The fraction of sp³-hybridized carbons (Fsp3) is 0. The Labute approximate surface area is 108 Å². The van der Waals surface area contributed by atoms with Crippen LogP contribution in [0, 0.1) is 10.1 Å². The van der Waals surface area contributed by atoms with Crippen LogP contribution in [-0.4, -0.2) is 14.9 Å². The number of anilines is 1. The number of H-pyrrole nitrogens is 1. The number of aromatic amines is 1. The Balaban J connectivity index is 2.11. The Hall–Kier alpha value is -2.89. The molecule has 0 amide bonds. The van der Waals surface area contributed by atoms with Gasteiger partial charge in [0, 0.05) is 22.8 Å².